The van der Waals surface area contributed by atoms with Crippen LogP contribution in [0.1, 0.15) is 33.1 Å². The number of amides is 2. The Morgan fingerprint density at radius 1 is 1.59 bits per heavy atom. The summed E-state index contributed by atoms with van der Waals surface area (Å²) in [5, 5.41) is 2.77. The number of carbonyl (C=O) groups excluding carboxylic acids is 2. The van der Waals surface area contributed by atoms with Crippen molar-refractivity contribution in [1.82, 2.24) is 10.2 Å². The SMILES string of the molecule is CCCC1NC(=O)CCN(CC(C)=CCl)C1=O. The Labute approximate surface area is 107 Å². The Morgan fingerprint density at radius 2 is 2.29 bits per heavy atom. The number of halogens is 1. The van der Waals surface area contributed by atoms with Crippen LogP contribution >= 0.6 is 11.6 Å². The molecule has 0 saturated carbocycles. The molecule has 1 saturated heterocycles. The van der Waals surface area contributed by atoms with Crippen molar-refractivity contribution in [1.29, 1.82) is 0 Å². The molecule has 4 nitrogen and oxygen atoms in total. The summed E-state index contributed by atoms with van der Waals surface area (Å²) in [6.07, 6.45) is 1.92. The molecule has 0 bridgehead atoms. The molecule has 1 rings (SSSR count). The van der Waals surface area contributed by atoms with Gasteiger partial charge in [-0.25, -0.2) is 0 Å². The molecule has 1 atom stereocenters. The van der Waals surface area contributed by atoms with Crippen molar-refractivity contribution in [3.63, 3.8) is 0 Å². The Morgan fingerprint density at radius 3 is 2.88 bits per heavy atom. The highest BCUT2D eigenvalue weighted by molar-refractivity contribution is 6.25. The van der Waals surface area contributed by atoms with Crippen molar-refractivity contribution in [3.05, 3.63) is 11.1 Å². The summed E-state index contributed by atoms with van der Waals surface area (Å²) in [7, 11) is 0. The fraction of sp³-hybridized carbons (Fsp3) is 0.667. The third-order valence-corrected chi connectivity index (χ3v) is 3.13. The number of hydrogen-bond donors (Lipinski definition) is 1. The van der Waals surface area contributed by atoms with E-state index in [1.807, 2.05) is 13.8 Å². The normalized spacial score (nSPS) is 22.4. The second kappa shape index (κ2) is 6.64. The zero-order valence-electron chi connectivity index (χ0n) is 10.3. The van der Waals surface area contributed by atoms with Gasteiger partial charge in [0.05, 0.1) is 0 Å². The zero-order valence-corrected chi connectivity index (χ0v) is 11.1. The lowest BCUT2D eigenvalue weighted by molar-refractivity contribution is -0.133. The monoisotopic (exact) mass is 258 g/mol. The Balaban J connectivity index is 2.75. The van der Waals surface area contributed by atoms with Crippen LogP contribution in [0.2, 0.25) is 0 Å². The highest BCUT2D eigenvalue weighted by Crippen LogP contribution is 2.10. The Bertz CT molecular complexity index is 328. The summed E-state index contributed by atoms with van der Waals surface area (Å²) in [4.78, 5) is 25.4. The molecule has 1 unspecified atom stereocenters. The standard InChI is InChI=1S/C12H19ClN2O2/c1-3-4-10-12(17)15(8-9(2)7-13)6-5-11(16)14-10/h7,10H,3-6,8H2,1-2H3,(H,14,16). The molecule has 0 radical (unpaired) electrons. The second-order valence-electron chi connectivity index (χ2n) is 4.37. The van der Waals surface area contributed by atoms with E-state index in [0.29, 0.717) is 25.9 Å². The van der Waals surface area contributed by atoms with Gasteiger partial charge in [-0.15, -0.1) is 0 Å². The molecule has 2 amide bonds. The van der Waals surface area contributed by atoms with E-state index in [1.165, 1.54) is 5.54 Å². The van der Waals surface area contributed by atoms with E-state index in [0.717, 1.165) is 12.0 Å². The summed E-state index contributed by atoms with van der Waals surface area (Å²) >= 11 is 5.60. The largest absolute Gasteiger partial charge is 0.344 e. The van der Waals surface area contributed by atoms with Crippen molar-refractivity contribution in [3.8, 4) is 0 Å². The van der Waals surface area contributed by atoms with Crippen molar-refractivity contribution < 1.29 is 9.59 Å². The van der Waals surface area contributed by atoms with Gasteiger partial charge >= 0.3 is 0 Å². The highest BCUT2D eigenvalue weighted by atomic mass is 35.5. The van der Waals surface area contributed by atoms with Gasteiger partial charge in [0, 0.05) is 25.0 Å². The van der Waals surface area contributed by atoms with E-state index < -0.39 is 0 Å². The summed E-state index contributed by atoms with van der Waals surface area (Å²) in [5.41, 5.74) is 2.40. The van der Waals surface area contributed by atoms with Crippen molar-refractivity contribution in [2.45, 2.75) is 39.2 Å². The van der Waals surface area contributed by atoms with Crippen molar-refractivity contribution in [2.24, 2.45) is 0 Å². The molecule has 96 valence electrons. The zero-order chi connectivity index (χ0) is 12.8. The summed E-state index contributed by atoms with van der Waals surface area (Å²) in [6.45, 7) is 4.83. The highest BCUT2D eigenvalue weighted by Gasteiger charge is 2.28. The average Bonchev–Trinajstić information content (AvgIpc) is 2.43. The van der Waals surface area contributed by atoms with Gasteiger partial charge in [0.25, 0.3) is 0 Å². The first-order valence-electron chi connectivity index (χ1n) is 5.92. The lowest BCUT2D eigenvalue weighted by atomic mass is 10.1. The second-order valence-corrected chi connectivity index (χ2v) is 4.59. The molecule has 0 aromatic heterocycles. The molecule has 1 heterocycles. The quantitative estimate of drug-likeness (QED) is 0.834. The molecule has 0 spiro atoms. The first-order chi connectivity index (χ1) is 8.08. The number of hydrogen-bond acceptors (Lipinski definition) is 2. The maximum Gasteiger partial charge on any atom is 0.245 e. The van der Waals surface area contributed by atoms with Crippen LogP contribution < -0.4 is 5.32 Å². The van der Waals surface area contributed by atoms with Crippen LogP contribution in [-0.2, 0) is 9.59 Å². The topological polar surface area (TPSA) is 49.4 Å². The molecule has 17 heavy (non-hydrogen) atoms. The van der Waals surface area contributed by atoms with Crippen molar-refractivity contribution in [2.75, 3.05) is 13.1 Å². The Kier molecular flexibility index (Phi) is 5.48. The van der Waals surface area contributed by atoms with E-state index in [1.54, 1.807) is 4.90 Å². The fourth-order valence-electron chi connectivity index (χ4n) is 1.87. The third kappa shape index (κ3) is 4.04. The Hall–Kier alpha value is -1.03. The number of rotatable bonds is 4. The molecule has 1 aliphatic heterocycles. The van der Waals surface area contributed by atoms with Crippen LogP contribution in [0.4, 0.5) is 0 Å². The van der Waals surface area contributed by atoms with Gasteiger partial charge in [-0.2, -0.15) is 0 Å². The lowest BCUT2D eigenvalue weighted by Crippen LogP contribution is -2.45. The molecular weight excluding hydrogens is 240 g/mol. The molecule has 0 aromatic rings. The minimum Gasteiger partial charge on any atom is -0.344 e. The summed E-state index contributed by atoms with van der Waals surface area (Å²) < 4.78 is 0. The molecule has 0 aliphatic carbocycles. The number of carbonyl (C=O) groups is 2. The number of nitrogens with one attached hydrogen (secondary N) is 1. The van der Waals surface area contributed by atoms with Crippen LogP contribution in [-0.4, -0.2) is 35.8 Å². The lowest BCUT2D eigenvalue weighted by Gasteiger charge is -2.23. The van der Waals surface area contributed by atoms with Crippen LogP contribution in [0.5, 0.6) is 0 Å². The fourth-order valence-corrected chi connectivity index (χ4v) is 1.94. The maximum absolute atomic E-state index is 12.2. The van der Waals surface area contributed by atoms with E-state index in [-0.39, 0.29) is 17.9 Å². The molecule has 5 heteroatoms. The van der Waals surface area contributed by atoms with Crippen molar-refractivity contribution >= 4 is 23.4 Å². The molecule has 0 aromatic carbocycles. The van der Waals surface area contributed by atoms with E-state index in [9.17, 15) is 9.59 Å². The van der Waals surface area contributed by atoms with Gasteiger partial charge in [-0.3, -0.25) is 9.59 Å². The summed E-state index contributed by atoms with van der Waals surface area (Å²) in [5.74, 6) is -0.0534. The minimum absolute atomic E-state index is 0.00410. The summed E-state index contributed by atoms with van der Waals surface area (Å²) in [6, 6.07) is -0.377. The molecule has 1 fully saturated rings. The number of nitrogens with zero attached hydrogens (tertiary/aromatic N) is 1. The van der Waals surface area contributed by atoms with Crippen LogP contribution in [0.25, 0.3) is 0 Å². The van der Waals surface area contributed by atoms with Crippen LogP contribution in [0, 0.1) is 0 Å². The first-order valence-corrected chi connectivity index (χ1v) is 6.36. The van der Waals surface area contributed by atoms with Gasteiger partial charge in [0.2, 0.25) is 11.8 Å². The molecule has 1 aliphatic rings. The van der Waals surface area contributed by atoms with Gasteiger partial charge in [0.15, 0.2) is 0 Å². The van der Waals surface area contributed by atoms with Gasteiger partial charge in [-0.1, -0.05) is 24.9 Å². The molecular formula is C12H19ClN2O2. The van der Waals surface area contributed by atoms with Gasteiger partial charge < -0.3 is 10.2 Å². The predicted molar refractivity (Wildman–Crippen MR) is 67.6 cm³/mol. The van der Waals surface area contributed by atoms with Crippen LogP contribution in [0.3, 0.4) is 0 Å². The van der Waals surface area contributed by atoms with E-state index in [2.05, 4.69) is 5.32 Å². The maximum atomic E-state index is 12.2. The molecule has 1 N–H and O–H groups in total. The smallest absolute Gasteiger partial charge is 0.245 e. The van der Waals surface area contributed by atoms with E-state index in [4.69, 9.17) is 11.6 Å². The van der Waals surface area contributed by atoms with Gasteiger partial charge in [0.1, 0.15) is 6.04 Å². The minimum atomic E-state index is -0.377. The van der Waals surface area contributed by atoms with Gasteiger partial charge in [-0.05, 0) is 18.9 Å². The van der Waals surface area contributed by atoms with Crippen LogP contribution in [0.15, 0.2) is 11.1 Å². The predicted octanol–water partition coefficient (Wildman–Crippen LogP) is 1.65. The first kappa shape index (κ1) is 14.0. The average molecular weight is 259 g/mol. The van der Waals surface area contributed by atoms with E-state index >= 15 is 0 Å². The third-order valence-electron chi connectivity index (χ3n) is 2.76.